The molecule has 3 nitrogen and oxygen atoms in total. The number of fused-ring (bicyclic) bond motifs is 3. The molecule has 2 aromatic rings. The van der Waals surface area contributed by atoms with E-state index in [-0.39, 0.29) is 0 Å². The summed E-state index contributed by atoms with van der Waals surface area (Å²) < 4.78 is 0. The molecule has 0 amide bonds. The highest BCUT2D eigenvalue weighted by molar-refractivity contribution is 5.82. The van der Waals surface area contributed by atoms with Crippen LogP contribution in [0.3, 0.4) is 0 Å². The highest BCUT2D eigenvalue weighted by Crippen LogP contribution is 2.43. The van der Waals surface area contributed by atoms with Crippen molar-refractivity contribution in [3.8, 4) is 0 Å². The molecule has 2 aliphatic rings. The van der Waals surface area contributed by atoms with Gasteiger partial charge in [0.1, 0.15) is 0 Å². The summed E-state index contributed by atoms with van der Waals surface area (Å²) in [7, 11) is 2.22. The molecule has 2 aliphatic heterocycles. The molecule has 2 saturated heterocycles. The van der Waals surface area contributed by atoms with Gasteiger partial charge in [-0.2, -0.15) is 0 Å². The van der Waals surface area contributed by atoms with Crippen molar-refractivity contribution in [2.45, 2.75) is 49.8 Å². The van der Waals surface area contributed by atoms with Crippen molar-refractivity contribution in [1.29, 1.82) is 0 Å². The zero-order valence-electron chi connectivity index (χ0n) is 12.5. The van der Waals surface area contributed by atoms with E-state index in [0.717, 1.165) is 23.8 Å². The third kappa shape index (κ3) is 2.16. The van der Waals surface area contributed by atoms with Gasteiger partial charge in [0.25, 0.3) is 0 Å². The van der Waals surface area contributed by atoms with Gasteiger partial charge in [-0.25, -0.2) is 0 Å². The Labute approximate surface area is 125 Å². The molecule has 110 valence electrons. The fourth-order valence-corrected chi connectivity index (χ4v) is 4.26. The van der Waals surface area contributed by atoms with Crippen LogP contribution in [0.5, 0.6) is 0 Å². The van der Waals surface area contributed by atoms with Crippen LogP contribution in [-0.2, 0) is 5.60 Å². The number of pyridine rings is 1. The molecule has 1 aromatic heterocycles. The van der Waals surface area contributed by atoms with E-state index in [1.165, 1.54) is 24.6 Å². The fourth-order valence-electron chi connectivity index (χ4n) is 4.26. The first kappa shape index (κ1) is 13.2. The Morgan fingerprint density at radius 1 is 1.14 bits per heavy atom. The maximum Gasteiger partial charge on any atom is 0.0926 e. The Morgan fingerprint density at radius 3 is 2.67 bits per heavy atom. The molecule has 4 rings (SSSR count). The molecule has 1 N–H and O–H groups in total. The number of hydrogen-bond donors (Lipinski definition) is 1. The lowest BCUT2D eigenvalue weighted by molar-refractivity contribution is -0.0874. The fraction of sp³-hybridized carbons (Fsp3) is 0.500. The van der Waals surface area contributed by atoms with Crippen LogP contribution < -0.4 is 0 Å². The lowest BCUT2D eigenvalue weighted by atomic mass is 9.72. The van der Waals surface area contributed by atoms with Crippen molar-refractivity contribution >= 4 is 10.8 Å². The average molecular weight is 282 g/mol. The molecule has 1 aromatic carbocycles. The first-order chi connectivity index (χ1) is 10.2. The van der Waals surface area contributed by atoms with Gasteiger partial charge in [0, 0.05) is 29.9 Å². The molecule has 2 bridgehead atoms. The Kier molecular flexibility index (Phi) is 3.02. The van der Waals surface area contributed by atoms with Crippen LogP contribution in [0.15, 0.2) is 36.7 Å². The minimum Gasteiger partial charge on any atom is -0.385 e. The van der Waals surface area contributed by atoms with Gasteiger partial charge in [-0.15, -0.1) is 0 Å². The first-order valence-corrected chi connectivity index (χ1v) is 7.94. The number of rotatable bonds is 1. The zero-order chi connectivity index (χ0) is 14.4. The van der Waals surface area contributed by atoms with Crippen LogP contribution >= 0.6 is 0 Å². The van der Waals surface area contributed by atoms with Gasteiger partial charge in [0.05, 0.1) is 5.60 Å². The van der Waals surface area contributed by atoms with Gasteiger partial charge in [0.2, 0.25) is 0 Å². The van der Waals surface area contributed by atoms with E-state index >= 15 is 0 Å². The third-order valence-corrected chi connectivity index (χ3v) is 5.55. The van der Waals surface area contributed by atoms with Crippen molar-refractivity contribution in [3.63, 3.8) is 0 Å². The topological polar surface area (TPSA) is 36.4 Å². The Bertz CT molecular complexity index is 655. The summed E-state index contributed by atoms with van der Waals surface area (Å²) in [4.78, 5) is 6.65. The van der Waals surface area contributed by atoms with Crippen LogP contribution in [0.25, 0.3) is 10.8 Å². The minimum absolute atomic E-state index is 0.524. The van der Waals surface area contributed by atoms with Crippen LogP contribution in [0.1, 0.15) is 37.7 Å². The normalized spacial score (nSPS) is 33.2. The summed E-state index contributed by atoms with van der Waals surface area (Å²) in [6, 6.07) is 9.40. The van der Waals surface area contributed by atoms with Gasteiger partial charge < -0.3 is 10.0 Å². The van der Waals surface area contributed by atoms with Crippen LogP contribution in [0.2, 0.25) is 0 Å². The van der Waals surface area contributed by atoms with Gasteiger partial charge in [-0.05, 0) is 55.8 Å². The van der Waals surface area contributed by atoms with E-state index in [1.807, 2.05) is 18.5 Å². The minimum atomic E-state index is -0.667. The number of benzene rings is 1. The molecule has 3 heterocycles. The smallest absolute Gasteiger partial charge is 0.0926 e. The van der Waals surface area contributed by atoms with Crippen molar-refractivity contribution in [2.24, 2.45) is 0 Å². The quantitative estimate of drug-likeness (QED) is 0.873. The monoisotopic (exact) mass is 282 g/mol. The van der Waals surface area contributed by atoms with Gasteiger partial charge >= 0.3 is 0 Å². The highest BCUT2D eigenvalue weighted by atomic mass is 16.3. The molecule has 0 radical (unpaired) electrons. The average Bonchev–Trinajstić information content (AvgIpc) is 2.49. The maximum atomic E-state index is 11.3. The number of nitrogens with zero attached hydrogens (tertiary/aromatic N) is 2. The molecule has 2 unspecified atom stereocenters. The summed E-state index contributed by atoms with van der Waals surface area (Å²) in [6.07, 6.45) is 9.15. The summed E-state index contributed by atoms with van der Waals surface area (Å²) in [6.45, 7) is 0. The molecule has 2 atom stereocenters. The van der Waals surface area contributed by atoms with Crippen molar-refractivity contribution in [3.05, 3.63) is 42.2 Å². The first-order valence-electron chi connectivity index (χ1n) is 7.94. The molecular weight excluding hydrogens is 260 g/mol. The predicted molar refractivity (Wildman–Crippen MR) is 84.1 cm³/mol. The second-order valence-electron chi connectivity index (χ2n) is 6.78. The number of piperidine rings is 2. The van der Waals surface area contributed by atoms with E-state index in [2.05, 4.69) is 35.1 Å². The van der Waals surface area contributed by atoms with Gasteiger partial charge in [-0.1, -0.05) is 18.6 Å². The van der Waals surface area contributed by atoms with Crippen molar-refractivity contribution in [2.75, 3.05) is 7.05 Å². The second kappa shape index (κ2) is 4.79. The standard InChI is InChI=1S/C18H22N2O/c1-20-16-3-2-4-17(20)11-18(21,10-16)15-6-5-14-12-19-8-7-13(14)9-15/h5-9,12,16-17,21H,2-4,10-11H2,1H3. The Morgan fingerprint density at radius 2 is 1.90 bits per heavy atom. The molecule has 0 aliphatic carbocycles. The third-order valence-electron chi connectivity index (χ3n) is 5.55. The summed E-state index contributed by atoms with van der Waals surface area (Å²) in [5, 5.41) is 13.6. The summed E-state index contributed by atoms with van der Waals surface area (Å²) in [5.74, 6) is 0. The molecule has 21 heavy (non-hydrogen) atoms. The SMILES string of the molecule is CN1C2CCCC1CC(O)(c1ccc3cnccc3c1)C2. The van der Waals surface area contributed by atoms with E-state index in [0.29, 0.717) is 12.1 Å². The zero-order valence-corrected chi connectivity index (χ0v) is 12.5. The number of aromatic nitrogens is 1. The van der Waals surface area contributed by atoms with Crippen LogP contribution in [0, 0.1) is 0 Å². The van der Waals surface area contributed by atoms with Crippen LogP contribution in [-0.4, -0.2) is 34.1 Å². The lowest BCUT2D eigenvalue weighted by Gasteiger charge is -2.50. The number of hydrogen-bond acceptors (Lipinski definition) is 3. The van der Waals surface area contributed by atoms with Crippen molar-refractivity contribution < 1.29 is 5.11 Å². The Balaban J connectivity index is 1.73. The number of aliphatic hydroxyl groups is 1. The molecule has 2 fully saturated rings. The molecular formula is C18H22N2O. The van der Waals surface area contributed by atoms with Crippen molar-refractivity contribution in [1.82, 2.24) is 9.88 Å². The van der Waals surface area contributed by atoms with Gasteiger partial charge in [-0.3, -0.25) is 4.98 Å². The van der Waals surface area contributed by atoms with E-state index in [1.54, 1.807) is 0 Å². The molecule has 0 saturated carbocycles. The summed E-state index contributed by atoms with van der Waals surface area (Å²) in [5.41, 5.74) is 0.408. The van der Waals surface area contributed by atoms with E-state index in [4.69, 9.17) is 0 Å². The largest absolute Gasteiger partial charge is 0.385 e. The predicted octanol–water partition coefficient (Wildman–Crippen LogP) is 3.07. The van der Waals surface area contributed by atoms with E-state index in [9.17, 15) is 5.11 Å². The Hall–Kier alpha value is -1.45. The van der Waals surface area contributed by atoms with Gasteiger partial charge in [0.15, 0.2) is 0 Å². The molecule has 3 heteroatoms. The summed E-state index contributed by atoms with van der Waals surface area (Å²) >= 11 is 0. The molecule has 0 spiro atoms. The maximum absolute atomic E-state index is 11.3. The van der Waals surface area contributed by atoms with Crippen LogP contribution in [0.4, 0.5) is 0 Å². The second-order valence-corrected chi connectivity index (χ2v) is 6.78. The van der Waals surface area contributed by atoms with E-state index < -0.39 is 5.60 Å². The lowest BCUT2D eigenvalue weighted by Crippen LogP contribution is -2.55. The highest BCUT2D eigenvalue weighted by Gasteiger charge is 2.44.